The predicted molar refractivity (Wildman–Crippen MR) is 104 cm³/mol. The van der Waals surface area contributed by atoms with Crippen molar-refractivity contribution in [2.45, 2.75) is 26.6 Å². The van der Waals surface area contributed by atoms with Crippen molar-refractivity contribution in [3.8, 4) is 5.88 Å². The van der Waals surface area contributed by atoms with E-state index in [4.69, 9.17) is 9.57 Å². The third-order valence-corrected chi connectivity index (χ3v) is 4.21. The molecule has 0 unspecified atom stereocenters. The number of nitrogens with one attached hydrogen (secondary N) is 2. The van der Waals surface area contributed by atoms with Crippen LogP contribution in [0.4, 0.5) is 13.2 Å². The van der Waals surface area contributed by atoms with Gasteiger partial charge < -0.3 is 9.57 Å². The first-order chi connectivity index (χ1) is 14.4. The molecule has 0 aliphatic carbocycles. The highest BCUT2D eigenvalue weighted by Crippen LogP contribution is 2.29. The van der Waals surface area contributed by atoms with E-state index in [1.165, 1.54) is 12.1 Å². The van der Waals surface area contributed by atoms with Crippen molar-refractivity contribution < 1.29 is 22.7 Å². The Balaban J connectivity index is 1.50. The molecule has 0 fully saturated rings. The van der Waals surface area contributed by atoms with Gasteiger partial charge in [0.25, 0.3) is 0 Å². The quantitative estimate of drug-likeness (QED) is 0.503. The smallest absolute Gasteiger partial charge is 0.416 e. The Kier molecular flexibility index (Phi) is 6.72. The molecular weight excluding hydrogens is 401 g/mol. The van der Waals surface area contributed by atoms with Gasteiger partial charge in [0.1, 0.15) is 6.61 Å². The molecule has 30 heavy (non-hydrogen) atoms. The summed E-state index contributed by atoms with van der Waals surface area (Å²) in [5, 5.41) is 9.86. The van der Waals surface area contributed by atoms with Crippen LogP contribution in [-0.4, -0.2) is 34.7 Å². The van der Waals surface area contributed by atoms with Crippen LogP contribution in [0.1, 0.15) is 30.5 Å². The molecule has 0 bridgehead atoms. The molecule has 0 spiro atoms. The van der Waals surface area contributed by atoms with E-state index in [0.717, 1.165) is 24.2 Å². The lowest BCUT2D eigenvalue weighted by molar-refractivity contribution is -0.137. The third-order valence-electron chi connectivity index (χ3n) is 4.21. The fourth-order valence-electron chi connectivity index (χ4n) is 2.51. The summed E-state index contributed by atoms with van der Waals surface area (Å²) in [6.07, 6.45) is -2.76. The number of hydrogen-bond donors (Lipinski definition) is 2. The second-order valence-electron chi connectivity index (χ2n) is 6.31. The summed E-state index contributed by atoms with van der Waals surface area (Å²) in [7, 11) is 0. The Hall–Kier alpha value is -3.34. The van der Waals surface area contributed by atoms with Crippen LogP contribution in [0.5, 0.6) is 5.88 Å². The fraction of sp³-hybridized carbons (Fsp3) is 0.316. The maximum Gasteiger partial charge on any atom is 0.416 e. The minimum absolute atomic E-state index is 0.0577. The minimum Gasteiger partial charge on any atom is -0.469 e. The van der Waals surface area contributed by atoms with Crippen molar-refractivity contribution in [1.29, 1.82) is 0 Å². The summed E-state index contributed by atoms with van der Waals surface area (Å²) >= 11 is 0. The minimum atomic E-state index is -4.36. The van der Waals surface area contributed by atoms with Crippen LogP contribution in [-0.2, 0) is 17.6 Å². The van der Waals surface area contributed by atoms with Crippen LogP contribution in [0.3, 0.4) is 0 Å². The van der Waals surface area contributed by atoms with Gasteiger partial charge >= 0.3 is 6.18 Å². The van der Waals surface area contributed by atoms with Crippen LogP contribution in [0.2, 0.25) is 0 Å². The van der Waals surface area contributed by atoms with Crippen molar-refractivity contribution in [3.05, 3.63) is 59.3 Å². The molecule has 1 aliphatic rings. The summed E-state index contributed by atoms with van der Waals surface area (Å²) < 4.78 is 43.3. The summed E-state index contributed by atoms with van der Waals surface area (Å²) in [6, 6.07) is 8.24. The first kappa shape index (κ1) is 21.4. The molecule has 0 saturated carbocycles. The number of oxime groups is 1. The number of benzene rings is 1. The first-order valence-corrected chi connectivity index (χ1v) is 9.13. The van der Waals surface area contributed by atoms with Gasteiger partial charge in [0.05, 0.1) is 11.3 Å². The third kappa shape index (κ3) is 5.60. The molecule has 1 aromatic heterocycles. The number of hydrazone groups is 1. The number of alkyl halides is 3. The lowest BCUT2D eigenvalue weighted by Crippen LogP contribution is -2.42. The van der Waals surface area contributed by atoms with E-state index < -0.39 is 11.7 Å². The van der Waals surface area contributed by atoms with E-state index >= 15 is 0 Å². The number of likely N-dealkylation sites (N-methyl/N-ethyl adjacent to an activating group) is 1. The second kappa shape index (κ2) is 9.44. The lowest BCUT2D eigenvalue weighted by Gasteiger charge is -2.16. The van der Waals surface area contributed by atoms with Gasteiger partial charge in [0.2, 0.25) is 5.88 Å². The maximum atomic E-state index is 12.6. The van der Waals surface area contributed by atoms with E-state index in [9.17, 15) is 13.2 Å². The molecule has 2 heterocycles. The van der Waals surface area contributed by atoms with E-state index in [1.807, 2.05) is 6.92 Å². The monoisotopic (exact) mass is 422 g/mol. The van der Waals surface area contributed by atoms with Gasteiger partial charge in [-0.2, -0.15) is 13.2 Å². The van der Waals surface area contributed by atoms with Gasteiger partial charge in [-0.3, -0.25) is 5.01 Å². The average molecular weight is 422 g/mol. The Morgan fingerprint density at radius 3 is 2.53 bits per heavy atom. The molecular formula is C19H21F3N6O2. The first-order valence-electron chi connectivity index (χ1n) is 9.13. The molecule has 0 radical (unpaired) electrons. The Morgan fingerprint density at radius 2 is 1.90 bits per heavy atom. The number of hydrazine groups is 2. The van der Waals surface area contributed by atoms with Gasteiger partial charge in [-0.1, -0.05) is 17.3 Å². The largest absolute Gasteiger partial charge is 0.469 e. The number of pyridine rings is 1. The highest BCUT2D eigenvalue weighted by atomic mass is 19.4. The average Bonchev–Trinajstić information content (AvgIpc) is 3.20. The van der Waals surface area contributed by atoms with E-state index in [-0.39, 0.29) is 13.2 Å². The SMILES string of the molecule is CCN1NNN=C1COc1ccc(C(C)=NOCc2ccc(C(F)(F)F)cc2)cn1. The Morgan fingerprint density at radius 1 is 1.13 bits per heavy atom. The highest BCUT2D eigenvalue weighted by molar-refractivity contribution is 5.98. The predicted octanol–water partition coefficient (Wildman–Crippen LogP) is 3.08. The van der Waals surface area contributed by atoms with E-state index in [2.05, 4.69) is 26.3 Å². The normalized spacial score (nSPS) is 14.4. The van der Waals surface area contributed by atoms with Crippen LogP contribution in [0.15, 0.2) is 52.9 Å². The summed E-state index contributed by atoms with van der Waals surface area (Å²) in [4.78, 5) is 9.47. The highest BCUT2D eigenvalue weighted by Gasteiger charge is 2.29. The van der Waals surface area contributed by atoms with E-state index in [1.54, 1.807) is 30.3 Å². The molecule has 0 saturated heterocycles. The second-order valence-corrected chi connectivity index (χ2v) is 6.31. The number of halogens is 3. The number of rotatable bonds is 8. The lowest BCUT2D eigenvalue weighted by atomic mass is 10.1. The molecule has 160 valence electrons. The molecule has 1 aliphatic heterocycles. The van der Waals surface area contributed by atoms with Gasteiger partial charge in [0, 0.05) is 24.4 Å². The fourth-order valence-corrected chi connectivity index (χ4v) is 2.51. The van der Waals surface area contributed by atoms with Crippen molar-refractivity contribution >= 4 is 11.5 Å². The summed E-state index contributed by atoms with van der Waals surface area (Å²) in [5.41, 5.74) is 6.70. The molecule has 2 aromatic rings. The van der Waals surface area contributed by atoms with E-state index in [0.29, 0.717) is 23.0 Å². The van der Waals surface area contributed by atoms with Gasteiger partial charge in [-0.25, -0.2) is 10.5 Å². The Labute approximate surface area is 171 Å². The standard InChI is InChI=1S/C19H21F3N6O2/c1-3-28-17(24-26-27-28)12-29-18-9-6-15(10-23-18)13(2)25-30-11-14-4-7-16(8-5-14)19(20,21)22/h4-10,26-27H,3,11-12H2,1-2H3. The molecule has 11 heteroatoms. The summed E-state index contributed by atoms with van der Waals surface area (Å²) in [6.45, 7) is 4.76. The Bertz CT molecular complexity index is 898. The topological polar surface area (TPSA) is 83.4 Å². The van der Waals surface area contributed by atoms with Crippen LogP contribution in [0.25, 0.3) is 0 Å². The van der Waals surface area contributed by atoms with Crippen molar-refractivity contribution in [2.75, 3.05) is 13.2 Å². The molecule has 0 atom stereocenters. The van der Waals surface area contributed by atoms with Gasteiger partial charge in [-0.15, -0.1) is 10.6 Å². The van der Waals surface area contributed by atoms with Crippen LogP contribution >= 0.6 is 0 Å². The number of ether oxygens (including phenoxy) is 1. The van der Waals surface area contributed by atoms with Crippen molar-refractivity contribution in [3.63, 3.8) is 0 Å². The zero-order chi connectivity index (χ0) is 21.6. The van der Waals surface area contributed by atoms with Crippen LogP contribution in [0, 0.1) is 0 Å². The van der Waals surface area contributed by atoms with Crippen LogP contribution < -0.4 is 15.8 Å². The number of hydrogen-bond acceptors (Lipinski definition) is 8. The van der Waals surface area contributed by atoms with Gasteiger partial charge in [-0.05, 0) is 37.6 Å². The maximum absolute atomic E-state index is 12.6. The number of nitrogens with zero attached hydrogens (tertiary/aromatic N) is 4. The zero-order valence-corrected chi connectivity index (χ0v) is 16.4. The van der Waals surface area contributed by atoms with Gasteiger partial charge in [0.15, 0.2) is 12.4 Å². The molecule has 2 N–H and O–H groups in total. The number of aromatic nitrogens is 1. The van der Waals surface area contributed by atoms with Crippen molar-refractivity contribution in [2.24, 2.45) is 10.3 Å². The molecule has 8 nitrogen and oxygen atoms in total. The number of amidine groups is 1. The molecule has 0 amide bonds. The summed E-state index contributed by atoms with van der Waals surface area (Å²) in [5.74, 6) is 1.14. The molecule has 1 aromatic carbocycles. The van der Waals surface area contributed by atoms with Crippen molar-refractivity contribution in [1.82, 2.24) is 21.1 Å². The zero-order valence-electron chi connectivity index (χ0n) is 16.4. The molecule has 3 rings (SSSR count).